The minimum Gasteiger partial charge on any atom is -0.481 e. The summed E-state index contributed by atoms with van der Waals surface area (Å²) in [6.07, 6.45) is -3.39. The molecule has 3 heterocycles. The first-order valence-corrected chi connectivity index (χ1v) is 8.31. The van der Waals surface area contributed by atoms with Crippen molar-refractivity contribution in [3.05, 3.63) is 66.0 Å². The number of halogens is 3. The number of hydrogen-bond donors (Lipinski definition) is 1. The van der Waals surface area contributed by atoms with E-state index in [4.69, 9.17) is 0 Å². The van der Waals surface area contributed by atoms with Crippen LogP contribution in [0.3, 0.4) is 0 Å². The van der Waals surface area contributed by atoms with E-state index < -0.39 is 23.1 Å². The van der Waals surface area contributed by atoms with Crippen molar-refractivity contribution in [1.82, 2.24) is 15.0 Å². The first-order chi connectivity index (χ1) is 13.1. The maximum atomic E-state index is 12.9. The van der Waals surface area contributed by atoms with Crippen LogP contribution in [-0.2, 0) is 16.4 Å². The molecule has 0 atom stereocenters. The standard InChI is InChI=1S/C20H16F3N3O2/c1-19(2,18(27)28)17-8-4-7-14(26-17)13-5-3-6-15(25-13)16-11-12(9-10-24-16)20(21,22)23/h3-11H,1-2H3,(H,27,28). The number of rotatable bonds is 4. The number of alkyl halides is 3. The molecule has 3 aromatic rings. The smallest absolute Gasteiger partial charge is 0.416 e. The van der Waals surface area contributed by atoms with Crippen molar-refractivity contribution < 1.29 is 23.1 Å². The molecule has 144 valence electrons. The second kappa shape index (κ2) is 7.03. The monoisotopic (exact) mass is 387 g/mol. The Morgan fingerprint density at radius 2 is 1.46 bits per heavy atom. The highest BCUT2D eigenvalue weighted by Gasteiger charge is 2.32. The SMILES string of the molecule is CC(C)(C(=O)O)c1cccc(-c2cccc(-c3cc(C(F)(F)F)ccn3)n2)n1. The molecule has 0 aliphatic heterocycles. The Balaban J connectivity index is 2.03. The fourth-order valence-corrected chi connectivity index (χ4v) is 2.50. The van der Waals surface area contributed by atoms with Gasteiger partial charge >= 0.3 is 12.1 Å². The Morgan fingerprint density at radius 1 is 0.893 bits per heavy atom. The summed E-state index contributed by atoms with van der Waals surface area (Å²) >= 11 is 0. The fraction of sp³-hybridized carbons (Fsp3) is 0.200. The van der Waals surface area contributed by atoms with Gasteiger partial charge in [0.1, 0.15) is 5.41 Å². The lowest BCUT2D eigenvalue weighted by Gasteiger charge is -2.19. The summed E-state index contributed by atoms with van der Waals surface area (Å²) in [5.41, 5.74) is -0.502. The predicted molar refractivity (Wildman–Crippen MR) is 96.4 cm³/mol. The quantitative estimate of drug-likeness (QED) is 0.709. The molecule has 0 unspecified atom stereocenters. The van der Waals surface area contributed by atoms with Crippen LogP contribution in [0.1, 0.15) is 25.1 Å². The van der Waals surface area contributed by atoms with Crippen LogP contribution >= 0.6 is 0 Å². The van der Waals surface area contributed by atoms with E-state index in [0.717, 1.165) is 18.3 Å². The van der Waals surface area contributed by atoms with E-state index in [2.05, 4.69) is 15.0 Å². The van der Waals surface area contributed by atoms with Crippen LogP contribution in [-0.4, -0.2) is 26.0 Å². The number of carbonyl (C=O) groups is 1. The number of pyridine rings is 3. The van der Waals surface area contributed by atoms with Gasteiger partial charge in [-0.15, -0.1) is 0 Å². The van der Waals surface area contributed by atoms with Crippen LogP contribution < -0.4 is 0 Å². The lowest BCUT2D eigenvalue weighted by atomic mass is 9.89. The third-order valence-corrected chi connectivity index (χ3v) is 4.29. The summed E-state index contributed by atoms with van der Waals surface area (Å²) in [5.74, 6) is -1.02. The largest absolute Gasteiger partial charge is 0.481 e. The van der Waals surface area contributed by atoms with Crippen molar-refractivity contribution in [2.24, 2.45) is 0 Å². The van der Waals surface area contributed by atoms with Gasteiger partial charge in [0, 0.05) is 6.20 Å². The summed E-state index contributed by atoms with van der Waals surface area (Å²) in [6, 6.07) is 11.6. The Hall–Kier alpha value is -3.29. The van der Waals surface area contributed by atoms with Gasteiger partial charge in [-0.2, -0.15) is 13.2 Å². The lowest BCUT2D eigenvalue weighted by Crippen LogP contribution is -2.29. The summed E-state index contributed by atoms with van der Waals surface area (Å²) in [7, 11) is 0. The Kier molecular flexibility index (Phi) is 4.89. The molecule has 3 rings (SSSR count). The van der Waals surface area contributed by atoms with Gasteiger partial charge in [0.25, 0.3) is 0 Å². The second-order valence-electron chi connectivity index (χ2n) is 6.67. The zero-order valence-corrected chi connectivity index (χ0v) is 15.0. The zero-order chi connectivity index (χ0) is 20.5. The molecule has 3 aromatic heterocycles. The summed E-state index contributed by atoms with van der Waals surface area (Å²) in [4.78, 5) is 24.2. The fourth-order valence-electron chi connectivity index (χ4n) is 2.50. The highest BCUT2D eigenvalue weighted by atomic mass is 19.4. The maximum absolute atomic E-state index is 12.9. The van der Waals surface area contributed by atoms with Gasteiger partial charge in [-0.05, 0) is 50.2 Å². The molecule has 0 saturated carbocycles. The van der Waals surface area contributed by atoms with E-state index in [9.17, 15) is 23.1 Å². The summed E-state index contributed by atoms with van der Waals surface area (Å²) in [5, 5.41) is 9.38. The van der Waals surface area contributed by atoms with Gasteiger partial charge in [-0.25, -0.2) is 4.98 Å². The van der Waals surface area contributed by atoms with Crippen molar-refractivity contribution in [3.8, 4) is 22.8 Å². The molecule has 0 amide bonds. The number of carboxylic acid groups (broad SMARTS) is 1. The van der Waals surface area contributed by atoms with Crippen LogP contribution in [0.2, 0.25) is 0 Å². The number of aliphatic carboxylic acids is 1. The number of hydrogen-bond acceptors (Lipinski definition) is 4. The second-order valence-corrected chi connectivity index (χ2v) is 6.67. The molecule has 0 aliphatic rings. The molecule has 0 saturated heterocycles. The van der Waals surface area contributed by atoms with Gasteiger partial charge in [0.2, 0.25) is 0 Å². The molecule has 28 heavy (non-hydrogen) atoms. The van der Waals surface area contributed by atoms with Crippen LogP contribution in [0.15, 0.2) is 54.7 Å². The molecule has 0 spiro atoms. The average molecular weight is 387 g/mol. The van der Waals surface area contributed by atoms with E-state index in [0.29, 0.717) is 17.1 Å². The van der Waals surface area contributed by atoms with Gasteiger partial charge in [-0.3, -0.25) is 14.8 Å². The van der Waals surface area contributed by atoms with Crippen molar-refractivity contribution in [2.45, 2.75) is 25.4 Å². The van der Waals surface area contributed by atoms with Gasteiger partial charge in [0.15, 0.2) is 0 Å². The molecule has 0 aliphatic carbocycles. The van der Waals surface area contributed by atoms with Gasteiger partial charge < -0.3 is 5.11 Å². The minimum atomic E-state index is -4.48. The molecular formula is C20H16F3N3O2. The Labute approximate surface area is 158 Å². The first-order valence-electron chi connectivity index (χ1n) is 8.31. The third kappa shape index (κ3) is 3.85. The molecule has 8 heteroatoms. The number of nitrogens with zero attached hydrogens (tertiary/aromatic N) is 3. The predicted octanol–water partition coefficient (Wildman–Crippen LogP) is 4.59. The molecule has 1 N–H and O–H groups in total. The highest BCUT2D eigenvalue weighted by Crippen LogP contribution is 2.31. The topological polar surface area (TPSA) is 76.0 Å². The molecule has 0 bridgehead atoms. The maximum Gasteiger partial charge on any atom is 0.416 e. The van der Waals surface area contributed by atoms with E-state index in [1.165, 1.54) is 13.8 Å². The summed E-state index contributed by atoms with van der Waals surface area (Å²) in [6.45, 7) is 3.08. The van der Waals surface area contributed by atoms with E-state index in [-0.39, 0.29) is 11.4 Å². The Bertz CT molecular complexity index is 1030. The molecule has 0 radical (unpaired) electrons. The minimum absolute atomic E-state index is 0.0821. The van der Waals surface area contributed by atoms with E-state index in [1.54, 1.807) is 36.4 Å². The third-order valence-electron chi connectivity index (χ3n) is 4.29. The normalized spacial score (nSPS) is 12.0. The zero-order valence-electron chi connectivity index (χ0n) is 15.0. The van der Waals surface area contributed by atoms with Crippen molar-refractivity contribution in [2.75, 3.05) is 0 Å². The summed E-state index contributed by atoms with van der Waals surface area (Å²) < 4.78 is 38.8. The molecular weight excluding hydrogens is 371 g/mol. The van der Waals surface area contributed by atoms with Crippen LogP contribution in [0.4, 0.5) is 13.2 Å². The first kappa shape index (κ1) is 19.5. The van der Waals surface area contributed by atoms with E-state index in [1.807, 2.05) is 0 Å². The van der Waals surface area contributed by atoms with Crippen molar-refractivity contribution in [1.29, 1.82) is 0 Å². The van der Waals surface area contributed by atoms with Gasteiger partial charge in [0.05, 0.1) is 34.0 Å². The molecule has 0 fully saturated rings. The van der Waals surface area contributed by atoms with Crippen LogP contribution in [0, 0.1) is 0 Å². The van der Waals surface area contributed by atoms with E-state index >= 15 is 0 Å². The number of carboxylic acids is 1. The molecule has 5 nitrogen and oxygen atoms in total. The molecule has 0 aromatic carbocycles. The Morgan fingerprint density at radius 3 is 2.07 bits per heavy atom. The van der Waals surface area contributed by atoms with Crippen LogP contribution in [0.25, 0.3) is 22.8 Å². The van der Waals surface area contributed by atoms with Crippen molar-refractivity contribution >= 4 is 5.97 Å². The van der Waals surface area contributed by atoms with Gasteiger partial charge in [-0.1, -0.05) is 12.1 Å². The lowest BCUT2D eigenvalue weighted by molar-refractivity contribution is -0.142. The average Bonchev–Trinajstić information content (AvgIpc) is 2.67. The van der Waals surface area contributed by atoms with Crippen LogP contribution in [0.5, 0.6) is 0 Å². The van der Waals surface area contributed by atoms with Crippen molar-refractivity contribution in [3.63, 3.8) is 0 Å². The highest BCUT2D eigenvalue weighted by molar-refractivity contribution is 5.79. The number of aromatic nitrogens is 3.